The van der Waals surface area contributed by atoms with E-state index in [2.05, 4.69) is 34.7 Å². The third-order valence-corrected chi connectivity index (χ3v) is 3.86. The number of nitrogens with one attached hydrogen (secondary N) is 2. The van der Waals surface area contributed by atoms with Crippen LogP contribution in [0, 0.1) is 5.92 Å². The number of hydrogen-bond acceptors (Lipinski definition) is 3. The summed E-state index contributed by atoms with van der Waals surface area (Å²) in [4.78, 5) is 15.9. The zero-order valence-corrected chi connectivity index (χ0v) is 13.8. The number of aliphatic imine (C=N–C) groups is 1. The summed E-state index contributed by atoms with van der Waals surface area (Å²) in [5.74, 6) is 0.824. The highest BCUT2D eigenvalue weighted by Crippen LogP contribution is 2.32. The van der Waals surface area contributed by atoms with Crippen LogP contribution in [-0.4, -0.2) is 31.2 Å². The van der Waals surface area contributed by atoms with Gasteiger partial charge < -0.3 is 21.1 Å². The number of benzene rings is 1. The molecule has 0 spiro atoms. The minimum atomic E-state index is -0.388. The van der Waals surface area contributed by atoms with Crippen molar-refractivity contribution in [1.82, 2.24) is 5.32 Å². The second kappa shape index (κ2) is 8.41. The topological polar surface area (TPSA) is 88.7 Å². The lowest BCUT2D eigenvalue weighted by Crippen LogP contribution is -2.39. The van der Waals surface area contributed by atoms with Crippen LogP contribution in [0.25, 0.3) is 0 Å². The van der Waals surface area contributed by atoms with Crippen molar-refractivity contribution in [2.45, 2.75) is 39.2 Å². The van der Waals surface area contributed by atoms with Crippen LogP contribution >= 0.6 is 0 Å². The van der Waals surface area contributed by atoms with Gasteiger partial charge >= 0.3 is 6.09 Å². The Morgan fingerprint density at radius 3 is 2.61 bits per heavy atom. The number of carbonyl (C=O) groups is 1. The Kier molecular flexibility index (Phi) is 6.26. The normalized spacial score (nSPS) is 15.8. The monoisotopic (exact) mass is 318 g/mol. The number of rotatable bonds is 7. The smallest absolute Gasteiger partial charge is 0.407 e. The number of nitrogens with two attached hydrogens (primary N) is 1. The van der Waals surface area contributed by atoms with Gasteiger partial charge in [0.2, 0.25) is 0 Å². The van der Waals surface area contributed by atoms with Crippen molar-refractivity contribution >= 4 is 17.7 Å². The molecule has 0 bridgehead atoms. The third kappa shape index (κ3) is 5.81. The maximum atomic E-state index is 11.6. The summed E-state index contributed by atoms with van der Waals surface area (Å²) in [6.07, 6.45) is 2.84. The van der Waals surface area contributed by atoms with Gasteiger partial charge in [-0.3, -0.25) is 4.99 Å². The summed E-state index contributed by atoms with van der Waals surface area (Å²) in [5, 5.41) is 5.93. The first-order valence-electron chi connectivity index (χ1n) is 8.21. The predicted octanol–water partition coefficient (Wildman–Crippen LogP) is 2.50. The van der Waals surface area contributed by atoms with Crippen LogP contribution in [0.2, 0.25) is 0 Å². The van der Waals surface area contributed by atoms with Crippen molar-refractivity contribution in [2.75, 3.05) is 18.5 Å². The third-order valence-electron chi connectivity index (χ3n) is 3.86. The van der Waals surface area contributed by atoms with E-state index in [1.165, 1.54) is 5.56 Å². The molecule has 0 aliphatic heterocycles. The molecule has 1 saturated carbocycles. The molecule has 23 heavy (non-hydrogen) atoms. The van der Waals surface area contributed by atoms with Gasteiger partial charge in [0, 0.05) is 5.69 Å². The van der Waals surface area contributed by atoms with Crippen LogP contribution < -0.4 is 16.4 Å². The van der Waals surface area contributed by atoms with Crippen molar-refractivity contribution in [1.29, 1.82) is 0 Å². The van der Waals surface area contributed by atoms with E-state index in [1.54, 1.807) is 6.92 Å². The minimum absolute atomic E-state index is 0.0168. The van der Waals surface area contributed by atoms with Gasteiger partial charge in [0.05, 0.1) is 19.2 Å². The van der Waals surface area contributed by atoms with Crippen molar-refractivity contribution in [3.8, 4) is 0 Å². The van der Waals surface area contributed by atoms with Gasteiger partial charge in [0.15, 0.2) is 5.96 Å². The highest BCUT2D eigenvalue weighted by atomic mass is 16.5. The highest BCUT2D eigenvalue weighted by Gasteiger charge is 2.32. The fraction of sp³-hybridized carbons (Fsp3) is 0.529. The standard InChI is InChI=1S/C17H26N4O2/c1-3-12-5-9-14(10-6-12)20-16(18)19-11-15(13-7-8-13)21-17(22)23-4-2/h5-6,9-10,13,15H,3-4,7-8,11H2,1-2H3,(H,21,22)(H3,18,19,20). The minimum Gasteiger partial charge on any atom is -0.450 e. The lowest BCUT2D eigenvalue weighted by molar-refractivity contribution is 0.147. The Morgan fingerprint density at radius 1 is 1.35 bits per heavy atom. The highest BCUT2D eigenvalue weighted by molar-refractivity contribution is 5.92. The number of ether oxygens (including phenoxy) is 1. The van der Waals surface area contributed by atoms with Gasteiger partial charge in [-0.05, 0) is 49.8 Å². The number of anilines is 1. The average Bonchev–Trinajstić information content (AvgIpc) is 3.37. The molecular weight excluding hydrogens is 292 g/mol. The summed E-state index contributed by atoms with van der Waals surface area (Å²) in [5.41, 5.74) is 8.11. The van der Waals surface area contributed by atoms with E-state index in [0.29, 0.717) is 25.0 Å². The Labute approximate surface area is 137 Å². The SMILES string of the molecule is CCOC(=O)NC(CN=C(N)Nc1ccc(CC)cc1)C1CC1. The molecule has 1 unspecified atom stereocenters. The number of guanidine groups is 1. The number of alkyl carbamates (subject to hydrolysis) is 1. The van der Waals surface area contributed by atoms with Gasteiger partial charge in [-0.2, -0.15) is 0 Å². The maximum absolute atomic E-state index is 11.6. The molecular formula is C17H26N4O2. The molecule has 1 aliphatic carbocycles. The van der Waals surface area contributed by atoms with Gasteiger partial charge in [0.1, 0.15) is 0 Å². The lowest BCUT2D eigenvalue weighted by atomic mass is 10.1. The van der Waals surface area contributed by atoms with E-state index < -0.39 is 0 Å². The summed E-state index contributed by atoms with van der Waals surface area (Å²) < 4.78 is 4.93. The quantitative estimate of drug-likeness (QED) is 0.532. The van der Waals surface area contributed by atoms with E-state index in [-0.39, 0.29) is 12.1 Å². The van der Waals surface area contributed by atoms with E-state index in [0.717, 1.165) is 24.9 Å². The first-order chi connectivity index (χ1) is 11.1. The van der Waals surface area contributed by atoms with Gasteiger partial charge in [-0.1, -0.05) is 19.1 Å². The Morgan fingerprint density at radius 2 is 2.04 bits per heavy atom. The van der Waals surface area contributed by atoms with E-state index in [4.69, 9.17) is 10.5 Å². The molecule has 0 heterocycles. The average molecular weight is 318 g/mol. The van der Waals surface area contributed by atoms with Gasteiger partial charge in [0.25, 0.3) is 0 Å². The lowest BCUT2D eigenvalue weighted by Gasteiger charge is -2.16. The molecule has 1 fully saturated rings. The van der Waals surface area contributed by atoms with E-state index in [9.17, 15) is 4.79 Å². The first kappa shape index (κ1) is 17.1. The molecule has 1 aromatic carbocycles. The van der Waals surface area contributed by atoms with Crippen LogP contribution in [-0.2, 0) is 11.2 Å². The summed E-state index contributed by atoms with van der Waals surface area (Å²) >= 11 is 0. The molecule has 0 aromatic heterocycles. The van der Waals surface area contributed by atoms with E-state index >= 15 is 0 Å². The molecule has 1 aliphatic rings. The Balaban J connectivity index is 1.86. The first-order valence-corrected chi connectivity index (χ1v) is 8.21. The fourth-order valence-electron chi connectivity index (χ4n) is 2.34. The van der Waals surface area contributed by atoms with E-state index in [1.807, 2.05) is 12.1 Å². The molecule has 2 rings (SSSR count). The fourth-order valence-corrected chi connectivity index (χ4v) is 2.34. The van der Waals surface area contributed by atoms with Crippen molar-refractivity contribution in [3.63, 3.8) is 0 Å². The molecule has 0 radical (unpaired) electrons. The second-order valence-corrected chi connectivity index (χ2v) is 5.71. The molecule has 0 saturated heterocycles. The predicted molar refractivity (Wildman–Crippen MR) is 92.6 cm³/mol. The van der Waals surface area contributed by atoms with Crippen molar-refractivity contribution in [2.24, 2.45) is 16.6 Å². The van der Waals surface area contributed by atoms with Crippen LogP contribution in [0.15, 0.2) is 29.3 Å². The summed E-state index contributed by atoms with van der Waals surface area (Å²) in [6, 6.07) is 8.07. The van der Waals surface area contributed by atoms with Crippen LogP contribution in [0.3, 0.4) is 0 Å². The van der Waals surface area contributed by atoms with Crippen LogP contribution in [0.4, 0.5) is 10.5 Å². The number of carbonyl (C=O) groups excluding carboxylic acids is 1. The van der Waals surface area contributed by atoms with Crippen LogP contribution in [0.1, 0.15) is 32.3 Å². The second-order valence-electron chi connectivity index (χ2n) is 5.71. The number of nitrogens with zero attached hydrogens (tertiary/aromatic N) is 1. The molecule has 1 amide bonds. The Hall–Kier alpha value is -2.24. The summed E-state index contributed by atoms with van der Waals surface area (Å²) in [7, 11) is 0. The molecule has 4 N–H and O–H groups in total. The van der Waals surface area contributed by atoms with Gasteiger partial charge in [-0.25, -0.2) is 4.79 Å². The largest absolute Gasteiger partial charge is 0.450 e. The summed E-state index contributed by atoms with van der Waals surface area (Å²) in [6.45, 7) is 4.72. The molecule has 6 heteroatoms. The number of hydrogen-bond donors (Lipinski definition) is 3. The number of aryl methyl sites for hydroxylation is 1. The zero-order valence-electron chi connectivity index (χ0n) is 13.8. The zero-order chi connectivity index (χ0) is 16.7. The molecule has 6 nitrogen and oxygen atoms in total. The van der Waals surface area contributed by atoms with Crippen molar-refractivity contribution in [3.05, 3.63) is 29.8 Å². The molecule has 126 valence electrons. The van der Waals surface area contributed by atoms with Crippen molar-refractivity contribution < 1.29 is 9.53 Å². The van der Waals surface area contributed by atoms with Gasteiger partial charge in [-0.15, -0.1) is 0 Å². The molecule has 1 atom stereocenters. The molecule has 1 aromatic rings. The van der Waals surface area contributed by atoms with Crippen LogP contribution in [0.5, 0.6) is 0 Å². The maximum Gasteiger partial charge on any atom is 0.407 e. The number of amides is 1. The Bertz CT molecular complexity index is 538.